The van der Waals surface area contributed by atoms with Crippen LogP contribution in [0.2, 0.25) is 0 Å². The molecule has 7 aliphatic rings. The largest absolute Gasteiger partial charge is 0.481 e. The van der Waals surface area contributed by atoms with Crippen LogP contribution in [0.1, 0.15) is 98.8 Å². The molecule has 7 fully saturated rings. The van der Waals surface area contributed by atoms with Crippen molar-refractivity contribution in [2.75, 3.05) is 13.2 Å². The summed E-state index contributed by atoms with van der Waals surface area (Å²) in [7, 11) is 0. The lowest BCUT2D eigenvalue weighted by Gasteiger charge is -2.72. The molecule has 21 unspecified atom stereocenters. The van der Waals surface area contributed by atoms with Crippen LogP contribution in [0.3, 0.4) is 0 Å². The zero-order chi connectivity index (χ0) is 41.8. The molecule has 0 bridgehead atoms. The van der Waals surface area contributed by atoms with Crippen molar-refractivity contribution in [2.24, 2.45) is 56.7 Å². The molecule has 15 heteroatoms. The van der Waals surface area contributed by atoms with Crippen molar-refractivity contribution >= 4 is 11.9 Å². The van der Waals surface area contributed by atoms with Gasteiger partial charge in [-0.1, -0.05) is 32.9 Å². The standard InChI is InChI=1S/C42H66O15/c1-19(2)20-9-14-42(37(53)57-35-33(50)31(48)29(46)23(56-35)18-54-34-32(49)30(47)28(45)22(17-43)55-34)16-15-39(4)21(27(20)42)7-8-24-38(3)12-11-26(44)41(6,36(51)52)25(38)10-13-40(24,39)5/h20-35,43-50H,1,7-18H2,2-6H3,(H,51,52). The maximum Gasteiger partial charge on any atom is 0.314 e. The third-order valence-corrected chi connectivity index (χ3v) is 17.7. The van der Waals surface area contributed by atoms with Crippen LogP contribution in [0.4, 0.5) is 0 Å². The average molecular weight is 811 g/mol. The highest BCUT2D eigenvalue weighted by molar-refractivity contribution is 5.78. The summed E-state index contributed by atoms with van der Waals surface area (Å²) in [6.45, 7) is 13.9. The summed E-state index contributed by atoms with van der Waals surface area (Å²) in [5.74, 6) is -1.44. The van der Waals surface area contributed by atoms with Crippen LogP contribution in [0, 0.1) is 56.7 Å². The first-order chi connectivity index (χ1) is 26.6. The minimum absolute atomic E-state index is 0.0266. The minimum atomic E-state index is -1.80. The van der Waals surface area contributed by atoms with E-state index in [2.05, 4.69) is 27.4 Å². The number of ether oxygens (including phenoxy) is 4. The van der Waals surface area contributed by atoms with Crippen LogP contribution in [0.5, 0.6) is 0 Å². The molecule has 0 radical (unpaired) electrons. The van der Waals surface area contributed by atoms with Crippen molar-refractivity contribution in [3.8, 4) is 0 Å². The van der Waals surface area contributed by atoms with Gasteiger partial charge >= 0.3 is 11.9 Å². The van der Waals surface area contributed by atoms with Crippen molar-refractivity contribution in [3.63, 3.8) is 0 Å². The van der Waals surface area contributed by atoms with Crippen molar-refractivity contribution in [3.05, 3.63) is 12.2 Å². The number of hydrogen-bond acceptors (Lipinski definition) is 14. The fourth-order valence-corrected chi connectivity index (χ4v) is 14.2. The smallest absolute Gasteiger partial charge is 0.314 e. The number of esters is 1. The Kier molecular flexibility index (Phi) is 11.4. The van der Waals surface area contributed by atoms with Crippen molar-refractivity contribution in [1.29, 1.82) is 0 Å². The van der Waals surface area contributed by atoms with Crippen molar-refractivity contribution in [1.82, 2.24) is 0 Å². The van der Waals surface area contributed by atoms with Gasteiger partial charge in [0, 0.05) is 0 Å². The number of fused-ring (bicyclic) bond motifs is 7. The number of carboxylic acid groups (broad SMARTS) is 1. The third kappa shape index (κ3) is 6.22. The maximum absolute atomic E-state index is 14.8. The summed E-state index contributed by atoms with van der Waals surface area (Å²) < 4.78 is 22.9. The molecule has 15 nitrogen and oxygen atoms in total. The second-order valence-corrected chi connectivity index (χ2v) is 19.9. The summed E-state index contributed by atoms with van der Waals surface area (Å²) >= 11 is 0. The third-order valence-electron chi connectivity index (χ3n) is 17.7. The molecule has 0 aromatic carbocycles. The van der Waals surface area contributed by atoms with Crippen LogP contribution in [-0.2, 0) is 28.5 Å². The zero-order valence-electron chi connectivity index (χ0n) is 33.9. The molecule has 5 aliphatic carbocycles. The number of aliphatic carboxylic acids is 1. The van der Waals surface area contributed by atoms with Crippen molar-refractivity contribution < 1.29 is 74.5 Å². The summed E-state index contributed by atoms with van der Waals surface area (Å²) in [6, 6.07) is 0. The molecular formula is C42H66O15. The molecule has 2 heterocycles. The summed E-state index contributed by atoms with van der Waals surface area (Å²) in [5, 5.41) is 94.6. The Morgan fingerprint density at radius 3 is 1.96 bits per heavy atom. The summed E-state index contributed by atoms with van der Waals surface area (Å²) in [6.07, 6.45) is -10.2. The van der Waals surface area contributed by atoms with Crippen LogP contribution in [0.25, 0.3) is 0 Å². The summed E-state index contributed by atoms with van der Waals surface area (Å²) in [4.78, 5) is 27.6. The predicted octanol–water partition coefficient (Wildman–Crippen LogP) is 1.24. The molecule has 7 rings (SSSR count). The van der Waals surface area contributed by atoms with E-state index in [-0.39, 0.29) is 45.8 Å². The molecule has 0 spiro atoms. The monoisotopic (exact) mass is 810 g/mol. The van der Waals surface area contributed by atoms with Gasteiger partial charge in [0.25, 0.3) is 0 Å². The molecular weight excluding hydrogens is 744 g/mol. The maximum atomic E-state index is 14.8. The second kappa shape index (κ2) is 15.0. The molecule has 2 aliphatic heterocycles. The van der Waals surface area contributed by atoms with Crippen LogP contribution in [0.15, 0.2) is 12.2 Å². The fraction of sp³-hybridized carbons (Fsp3) is 0.905. The Morgan fingerprint density at radius 1 is 0.702 bits per heavy atom. The molecule has 0 aromatic heterocycles. The van der Waals surface area contributed by atoms with Gasteiger partial charge in [-0.2, -0.15) is 0 Å². The summed E-state index contributed by atoms with van der Waals surface area (Å²) in [5.41, 5.74) is -1.85. The topological polar surface area (TPSA) is 253 Å². The molecule has 0 amide bonds. The van der Waals surface area contributed by atoms with E-state index in [1.807, 2.05) is 6.92 Å². The van der Waals surface area contributed by atoms with E-state index in [0.29, 0.717) is 25.7 Å². The van der Waals surface area contributed by atoms with Gasteiger partial charge in [0.15, 0.2) is 6.29 Å². The number of carbonyl (C=O) groups excluding carboxylic acids is 1. The Bertz CT molecular complexity index is 1560. The molecule has 0 aromatic rings. The minimum Gasteiger partial charge on any atom is -0.481 e. The quantitative estimate of drug-likeness (QED) is 0.124. The van der Waals surface area contributed by atoms with Crippen LogP contribution >= 0.6 is 0 Å². The highest BCUT2D eigenvalue weighted by atomic mass is 16.7. The Labute approximate surface area is 334 Å². The molecule has 324 valence electrons. The van der Waals surface area contributed by atoms with Crippen LogP contribution < -0.4 is 0 Å². The predicted molar refractivity (Wildman–Crippen MR) is 199 cm³/mol. The van der Waals surface area contributed by atoms with E-state index < -0.39 is 103 Å². The first-order valence-electron chi connectivity index (χ1n) is 21.0. The van der Waals surface area contributed by atoms with E-state index in [1.54, 1.807) is 6.92 Å². The lowest BCUT2D eigenvalue weighted by molar-refractivity contribution is -0.328. The van der Waals surface area contributed by atoms with E-state index in [9.17, 15) is 55.5 Å². The molecule has 5 saturated carbocycles. The molecule has 21 atom stereocenters. The second-order valence-electron chi connectivity index (χ2n) is 19.9. The van der Waals surface area contributed by atoms with Gasteiger partial charge < -0.3 is 64.9 Å². The highest BCUT2D eigenvalue weighted by Gasteiger charge is 2.73. The van der Waals surface area contributed by atoms with Gasteiger partial charge in [-0.3, -0.25) is 9.59 Å². The van der Waals surface area contributed by atoms with Gasteiger partial charge in [-0.05, 0) is 124 Å². The van der Waals surface area contributed by atoms with Crippen LogP contribution in [-0.4, -0.2) is 139 Å². The SMILES string of the molecule is C=C(C)C1CCC2(C(=O)OC3OC(COC4OC(CO)C(O)C(O)C4O)C(O)C(O)C3O)CCC3(C)C(CCC4C5(C)CCC(O)C(C)(C(=O)O)C5CCC43C)C12. The average Bonchev–Trinajstić information content (AvgIpc) is 3.57. The van der Waals surface area contributed by atoms with E-state index >= 15 is 0 Å². The van der Waals surface area contributed by atoms with Gasteiger partial charge in [-0.15, -0.1) is 0 Å². The Balaban J connectivity index is 1.12. The van der Waals surface area contributed by atoms with Gasteiger partial charge in [-0.25, -0.2) is 0 Å². The number of carbonyl (C=O) groups is 2. The Morgan fingerprint density at radius 2 is 1.33 bits per heavy atom. The van der Waals surface area contributed by atoms with Gasteiger partial charge in [0.05, 0.1) is 30.1 Å². The Hall–Kier alpha value is -1.76. The highest BCUT2D eigenvalue weighted by Crippen LogP contribution is 2.77. The first kappa shape index (κ1) is 43.3. The number of carboxylic acids is 1. The number of allylic oxidation sites excluding steroid dienone is 1. The molecule has 57 heavy (non-hydrogen) atoms. The molecule has 2 saturated heterocycles. The van der Waals surface area contributed by atoms with Crippen molar-refractivity contribution in [2.45, 2.75) is 166 Å². The lowest BCUT2D eigenvalue weighted by atomic mass is 9.32. The van der Waals surface area contributed by atoms with E-state index in [0.717, 1.165) is 44.1 Å². The molecule has 9 N–H and O–H groups in total. The zero-order valence-corrected chi connectivity index (χ0v) is 33.9. The lowest BCUT2D eigenvalue weighted by Crippen LogP contribution is -2.68. The number of hydrogen-bond donors (Lipinski definition) is 9. The van der Waals surface area contributed by atoms with Gasteiger partial charge in [0.1, 0.15) is 48.8 Å². The van der Waals surface area contributed by atoms with Gasteiger partial charge in [0.2, 0.25) is 6.29 Å². The van der Waals surface area contributed by atoms with E-state index in [1.165, 1.54) is 0 Å². The number of rotatable bonds is 8. The normalized spacial score (nSPS) is 54.8. The number of aliphatic hydroxyl groups excluding tert-OH is 8. The first-order valence-corrected chi connectivity index (χ1v) is 21.0. The number of aliphatic hydroxyl groups is 8. The fourth-order valence-electron chi connectivity index (χ4n) is 14.2. The van der Waals surface area contributed by atoms with E-state index in [4.69, 9.17) is 18.9 Å².